The van der Waals surface area contributed by atoms with E-state index in [0.717, 1.165) is 19.3 Å². The number of aryl methyl sites for hydroxylation is 1. The summed E-state index contributed by atoms with van der Waals surface area (Å²) in [6.45, 7) is 4.53. The van der Waals surface area contributed by atoms with Crippen LogP contribution < -0.4 is 5.73 Å². The van der Waals surface area contributed by atoms with Crippen molar-refractivity contribution in [3.63, 3.8) is 0 Å². The highest BCUT2D eigenvalue weighted by atomic mass is 16.5. The standard InChI is InChI=1S/C18H29NO/c1-4-7-15-9-5-10-16(12-15)17(19)18(20-3)11-6-8-14(2)13-18/h5,9-10,12,14,17H,4,6-8,11,13,19H2,1-3H3. The van der Waals surface area contributed by atoms with E-state index >= 15 is 0 Å². The lowest BCUT2D eigenvalue weighted by atomic mass is 9.73. The van der Waals surface area contributed by atoms with Gasteiger partial charge < -0.3 is 10.5 Å². The Balaban J connectivity index is 2.23. The largest absolute Gasteiger partial charge is 0.376 e. The zero-order valence-corrected chi connectivity index (χ0v) is 13.2. The van der Waals surface area contributed by atoms with E-state index in [2.05, 4.69) is 38.1 Å². The van der Waals surface area contributed by atoms with Gasteiger partial charge in [-0.3, -0.25) is 0 Å². The fourth-order valence-corrected chi connectivity index (χ4v) is 3.67. The first-order valence-electron chi connectivity index (χ1n) is 8.01. The predicted molar refractivity (Wildman–Crippen MR) is 84.7 cm³/mol. The van der Waals surface area contributed by atoms with Crippen molar-refractivity contribution in [3.05, 3.63) is 35.4 Å². The minimum absolute atomic E-state index is 0.0212. The van der Waals surface area contributed by atoms with Crippen LogP contribution in [0.3, 0.4) is 0 Å². The summed E-state index contributed by atoms with van der Waals surface area (Å²) in [7, 11) is 1.83. The van der Waals surface area contributed by atoms with Crippen molar-refractivity contribution in [1.29, 1.82) is 0 Å². The van der Waals surface area contributed by atoms with Crippen LogP contribution in [-0.4, -0.2) is 12.7 Å². The number of ether oxygens (including phenoxy) is 1. The topological polar surface area (TPSA) is 35.2 Å². The molecule has 0 heterocycles. The molecule has 112 valence electrons. The van der Waals surface area contributed by atoms with Gasteiger partial charge in [0.1, 0.15) is 0 Å². The summed E-state index contributed by atoms with van der Waals surface area (Å²) >= 11 is 0. The molecule has 0 bridgehead atoms. The zero-order valence-electron chi connectivity index (χ0n) is 13.2. The van der Waals surface area contributed by atoms with E-state index in [0.29, 0.717) is 5.92 Å². The third kappa shape index (κ3) is 3.24. The Labute approximate surface area is 123 Å². The third-order valence-corrected chi connectivity index (χ3v) is 4.81. The smallest absolute Gasteiger partial charge is 0.0872 e. The molecule has 2 N–H and O–H groups in total. The molecule has 3 unspecified atom stereocenters. The summed E-state index contributed by atoms with van der Waals surface area (Å²) < 4.78 is 5.94. The zero-order chi connectivity index (χ0) is 14.6. The van der Waals surface area contributed by atoms with Crippen LogP contribution in [0.1, 0.15) is 63.1 Å². The second-order valence-electron chi connectivity index (χ2n) is 6.44. The summed E-state index contributed by atoms with van der Waals surface area (Å²) in [5.41, 5.74) is 9.05. The van der Waals surface area contributed by atoms with Gasteiger partial charge in [0.2, 0.25) is 0 Å². The average molecular weight is 275 g/mol. The Morgan fingerprint density at radius 2 is 2.25 bits per heavy atom. The molecule has 0 saturated heterocycles. The third-order valence-electron chi connectivity index (χ3n) is 4.81. The lowest BCUT2D eigenvalue weighted by Gasteiger charge is -2.43. The van der Waals surface area contributed by atoms with Crippen molar-refractivity contribution in [2.75, 3.05) is 7.11 Å². The van der Waals surface area contributed by atoms with Gasteiger partial charge in [0, 0.05) is 7.11 Å². The van der Waals surface area contributed by atoms with Crippen LogP contribution in [0.4, 0.5) is 0 Å². The molecule has 1 aromatic carbocycles. The van der Waals surface area contributed by atoms with Gasteiger partial charge in [-0.05, 0) is 36.3 Å². The number of benzene rings is 1. The predicted octanol–water partition coefficient (Wildman–Crippen LogP) is 4.23. The first kappa shape index (κ1) is 15.5. The Morgan fingerprint density at radius 3 is 2.90 bits per heavy atom. The summed E-state index contributed by atoms with van der Waals surface area (Å²) in [6.07, 6.45) is 6.96. The van der Waals surface area contributed by atoms with Crippen molar-refractivity contribution in [2.24, 2.45) is 11.7 Å². The molecule has 1 fully saturated rings. The van der Waals surface area contributed by atoms with E-state index in [-0.39, 0.29) is 11.6 Å². The summed E-state index contributed by atoms with van der Waals surface area (Å²) in [6, 6.07) is 8.74. The quantitative estimate of drug-likeness (QED) is 0.872. The minimum atomic E-state index is -0.178. The van der Waals surface area contributed by atoms with E-state index < -0.39 is 0 Å². The second-order valence-corrected chi connectivity index (χ2v) is 6.44. The van der Waals surface area contributed by atoms with E-state index in [4.69, 9.17) is 10.5 Å². The molecule has 3 atom stereocenters. The van der Waals surface area contributed by atoms with Crippen LogP contribution in [0.2, 0.25) is 0 Å². The summed E-state index contributed by atoms with van der Waals surface area (Å²) in [4.78, 5) is 0. The van der Waals surface area contributed by atoms with Gasteiger partial charge in [-0.25, -0.2) is 0 Å². The first-order valence-corrected chi connectivity index (χ1v) is 8.01. The Bertz CT molecular complexity index is 431. The number of hydrogen-bond donors (Lipinski definition) is 1. The molecule has 2 rings (SSSR count). The minimum Gasteiger partial charge on any atom is -0.376 e. The van der Waals surface area contributed by atoms with Gasteiger partial charge >= 0.3 is 0 Å². The molecule has 1 aliphatic rings. The molecular formula is C18H29NO. The maximum atomic E-state index is 6.62. The van der Waals surface area contributed by atoms with Gasteiger partial charge in [0.05, 0.1) is 11.6 Å². The van der Waals surface area contributed by atoms with Crippen molar-refractivity contribution in [2.45, 2.75) is 64.0 Å². The number of rotatable bonds is 5. The molecule has 1 aromatic rings. The fraction of sp³-hybridized carbons (Fsp3) is 0.667. The summed E-state index contributed by atoms with van der Waals surface area (Å²) in [5, 5.41) is 0. The molecule has 0 amide bonds. The van der Waals surface area contributed by atoms with Gasteiger partial charge in [-0.2, -0.15) is 0 Å². The highest BCUT2D eigenvalue weighted by Gasteiger charge is 2.41. The molecule has 1 saturated carbocycles. The van der Waals surface area contributed by atoms with E-state index in [1.54, 1.807) is 0 Å². The molecule has 2 nitrogen and oxygen atoms in total. The highest BCUT2D eigenvalue weighted by Crippen LogP contribution is 2.42. The van der Waals surface area contributed by atoms with Crippen molar-refractivity contribution in [1.82, 2.24) is 0 Å². The molecular weight excluding hydrogens is 246 g/mol. The van der Waals surface area contributed by atoms with Gasteiger partial charge in [0.25, 0.3) is 0 Å². The number of nitrogens with two attached hydrogens (primary N) is 1. The number of hydrogen-bond acceptors (Lipinski definition) is 2. The van der Waals surface area contributed by atoms with Crippen LogP contribution in [0.5, 0.6) is 0 Å². The highest BCUT2D eigenvalue weighted by molar-refractivity contribution is 5.28. The van der Waals surface area contributed by atoms with Gasteiger partial charge in [-0.15, -0.1) is 0 Å². The molecule has 0 aliphatic heterocycles. The Morgan fingerprint density at radius 1 is 1.45 bits per heavy atom. The van der Waals surface area contributed by atoms with Crippen LogP contribution in [0.25, 0.3) is 0 Å². The SMILES string of the molecule is CCCc1cccc(C(N)C2(OC)CCCC(C)C2)c1. The number of methoxy groups -OCH3 is 1. The lowest BCUT2D eigenvalue weighted by Crippen LogP contribution is -2.46. The van der Waals surface area contributed by atoms with Crippen LogP contribution >= 0.6 is 0 Å². The molecule has 0 spiro atoms. The van der Waals surface area contributed by atoms with Crippen molar-refractivity contribution in [3.8, 4) is 0 Å². The Kier molecular flexibility index (Phi) is 5.22. The molecule has 0 radical (unpaired) electrons. The Hall–Kier alpha value is -0.860. The van der Waals surface area contributed by atoms with Crippen LogP contribution in [-0.2, 0) is 11.2 Å². The fourth-order valence-electron chi connectivity index (χ4n) is 3.67. The van der Waals surface area contributed by atoms with Crippen molar-refractivity contribution < 1.29 is 4.74 Å². The molecule has 0 aromatic heterocycles. The normalized spacial score (nSPS) is 28.3. The average Bonchev–Trinajstić information content (AvgIpc) is 2.47. The monoisotopic (exact) mass is 275 g/mol. The van der Waals surface area contributed by atoms with E-state index in [9.17, 15) is 0 Å². The van der Waals surface area contributed by atoms with E-state index in [1.807, 2.05) is 7.11 Å². The maximum absolute atomic E-state index is 6.62. The van der Waals surface area contributed by atoms with Gasteiger partial charge in [0.15, 0.2) is 0 Å². The van der Waals surface area contributed by atoms with Crippen LogP contribution in [0, 0.1) is 5.92 Å². The summed E-state index contributed by atoms with van der Waals surface area (Å²) in [5.74, 6) is 0.702. The second kappa shape index (κ2) is 6.73. The van der Waals surface area contributed by atoms with Crippen molar-refractivity contribution >= 4 is 0 Å². The van der Waals surface area contributed by atoms with E-state index in [1.165, 1.54) is 30.4 Å². The maximum Gasteiger partial charge on any atom is 0.0872 e. The lowest BCUT2D eigenvalue weighted by molar-refractivity contribution is -0.0718. The first-order chi connectivity index (χ1) is 9.61. The molecule has 2 heteroatoms. The van der Waals surface area contributed by atoms with Crippen LogP contribution in [0.15, 0.2) is 24.3 Å². The van der Waals surface area contributed by atoms with Gasteiger partial charge in [-0.1, -0.05) is 57.4 Å². The molecule has 20 heavy (non-hydrogen) atoms. The molecule has 1 aliphatic carbocycles.